The van der Waals surface area contributed by atoms with E-state index in [1.807, 2.05) is 4.98 Å². The van der Waals surface area contributed by atoms with Crippen molar-refractivity contribution in [3.05, 3.63) is 32.6 Å². The molecular formula is C16H24FN3O8. The van der Waals surface area contributed by atoms with Crippen LogP contribution in [0.25, 0.3) is 0 Å². The number of rotatable bonds is 6. The second-order valence-corrected chi connectivity index (χ2v) is 7.10. The summed E-state index contributed by atoms with van der Waals surface area (Å²) in [6.45, 7) is 2.33. The Morgan fingerprint density at radius 2 is 2.04 bits per heavy atom. The van der Waals surface area contributed by atoms with Gasteiger partial charge in [0.15, 0.2) is 6.61 Å². The molecule has 1 aliphatic rings. The second-order valence-electron chi connectivity index (χ2n) is 7.10. The van der Waals surface area contributed by atoms with Crippen LogP contribution in [-0.4, -0.2) is 68.2 Å². The third-order valence-corrected chi connectivity index (χ3v) is 4.71. The molecule has 0 aliphatic carbocycles. The number of nitrogens with two attached hydrogens (primary N) is 1. The number of carbonyl (C=O) groups is 1. The van der Waals surface area contributed by atoms with Gasteiger partial charge in [-0.25, -0.2) is 9.18 Å². The molecule has 0 unspecified atom stereocenters. The lowest BCUT2D eigenvalue weighted by molar-refractivity contribution is -0.259. The molecular weight excluding hydrogens is 381 g/mol. The Morgan fingerprint density at radius 3 is 2.57 bits per heavy atom. The van der Waals surface area contributed by atoms with E-state index in [9.17, 15) is 29.7 Å². The molecule has 1 fully saturated rings. The minimum absolute atomic E-state index is 0.00316. The van der Waals surface area contributed by atoms with E-state index in [0.717, 1.165) is 6.20 Å². The van der Waals surface area contributed by atoms with Crippen molar-refractivity contribution in [1.82, 2.24) is 9.55 Å². The van der Waals surface area contributed by atoms with Gasteiger partial charge in [0.25, 0.3) is 11.4 Å². The number of aryl methyl sites for hydroxylation is 1. The van der Waals surface area contributed by atoms with E-state index < -0.39 is 60.3 Å². The van der Waals surface area contributed by atoms with Crippen molar-refractivity contribution in [2.45, 2.75) is 50.6 Å². The lowest BCUT2D eigenvalue weighted by Gasteiger charge is -2.32. The summed E-state index contributed by atoms with van der Waals surface area (Å²) in [5, 5.41) is 30.3. The quantitative estimate of drug-likeness (QED) is 0.318. The van der Waals surface area contributed by atoms with Gasteiger partial charge in [-0.05, 0) is 12.8 Å². The van der Waals surface area contributed by atoms with Crippen molar-refractivity contribution in [2.24, 2.45) is 11.7 Å². The number of H-pyrrole nitrogens is 1. The first-order chi connectivity index (χ1) is 12.9. The summed E-state index contributed by atoms with van der Waals surface area (Å²) in [6.07, 6.45) is -3.48. The average molecular weight is 405 g/mol. The number of aliphatic hydroxyl groups is 3. The average Bonchev–Trinajstić information content (AvgIpc) is 2.84. The molecule has 0 amide bonds. The Balaban J connectivity index is 2.38. The molecule has 0 aromatic carbocycles. The fourth-order valence-corrected chi connectivity index (χ4v) is 2.79. The molecule has 0 bridgehead atoms. The maximum atomic E-state index is 15.2. The van der Waals surface area contributed by atoms with E-state index in [1.54, 1.807) is 13.8 Å². The van der Waals surface area contributed by atoms with Gasteiger partial charge in [-0.15, -0.1) is 0 Å². The van der Waals surface area contributed by atoms with Gasteiger partial charge >= 0.3 is 11.7 Å². The zero-order chi connectivity index (χ0) is 21.4. The van der Waals surface area contributed by atoms with Crippen LogP contribution in [0.3, 0.4) is 0 Å². The van der Waals surface area contributed by atoms with Crippen LogP contribution in [0.4, 0.5) is 4.39 Å². The van der Waals surface area contributed by atoms with E-state index in [1.165, 1.54) is 6.92 Å². The molecule has 2 rings (SSSR count). The summed E-state index contributed by atoms with van der Waals surface area (Å²) in [7, 11) is 0. The predicted molar refractivity (Wildman–Crippen MR) is 91.8 cm³/mol. The fourth-order valence-electron chi connectivity index (χ4n) is 2.79. The van der Waals surface area contributed by atoms with Crippen LogP contribution in [0.5, 0.6) is 0 Å². The SMILES string of the molecule is Cc1cn([C@]2(CO)O[C@](F)(COC(=O)[C@@H](N)C(C)C)[C@@H](O)[C@H]2O)c(=O)[nH]c1=O. The van der Waals surface area contributed by atoms with E-state index in [2.05, 4.69) is 0 Å². The summed E-state index contributed by atoms with van der Waals surface area (Å²) in [5.41, 5.74) is 1.30. The maximum Gasteiger partial charge on any atom is 0.330 e. The Bertz CT molecular complexity index is 855. The summed E-state index contributed by atoms with van der Waals surface area (Å²) in [6, 6.07) is -1.06. The number of nitrogens with one attached hydrogen (secondary N) is 1. The predicted octanol–water partition coefficient (Wildman–Crippen LogP) is -2.57. The number of aliphatic hydroxyl groups excluding tert-OH is 3. The summed E-state index contributed by atoms with van der Waals surface area (Å²) >= 11 is 0. The first-order valence-corrected chi connectivity index (χ1v) is 8.51. The third-order valence-electron chi connectivity index (χ3n) is 4.71. The Hall–Kier alpha value is -2.12. The standard InChI is InChI=1S/C16H24FN3O8/c1-7(2)9(18)13(25)27-6-15(17)10(22)11(23)16(5-21,28-15)20-4-8(3)12(24)19-14(20)26/h4,7,9-11,21-23H,5-6,18H2,1-3H3,(H,19,24,26)/t9-,10-,11+,15+,16+/m0/s1. The molecule has 0 saturated carbocycles. The molecule has 1 aliphatic heterocycles. The highest BCUT2D eigenvalue weighted by atomic mass is 19.2. The van der Waals surface area contributed by atoms with Gasteiger partial charge in [0.1, 0.15) is 18.2 Å². The molecule has 28 heavy (non-hydrogen) atoms. The number of nitrogens with zero attached hydrogens (tertiary/aromatic N) is 1. The molecule has 6 N–H and O–H groups in total. The van der Waals surface area contributed by atoms with Crippen molar-refractivity contribution in [1.29, 1.82) is 0 Å². The van der Waals surface area contributed by atoms with Crippen LogP contribution < -0.4 is 17.0 Å². The van der Waals surface area contributed by atoms with Crippen LogP contribution in [0.15, 0.2) is 15.8 Å². The van der Waals surface area contributed by atoms with Crippen LogP contribution in [-0.2, 0) is 20.0 Å². The number of esters is 1. The number of halogens is 1. The highest BCUT2D eigenvalue weighted by molar-refractivity contribution is 5.75. The lowest BCUT2D eigenvalue weighted by Crippen LogP contribution is -2.54. The number of hydrogen-bond donors (Lipinski definition) is 5. The molecule has 12 heteroatoms. The molecule has 5 atom stereocenters. The molecule has 0 radical (unpaired) electrons. The number of aromatic amines is 1. The minimum atomic E-state index is -3.15. The summed E-state index contributed by atoms with van der Waals surface area (Å²) in [5.74, 6) is -4.42. The van der Waals surface area contributed by atoms with Crippen LogP contribution in [0.2, 0.25) is 0 Å². The largest absolute Gasteiger partial charge is 0.458 e. The smallest absolute Gasteiger partial charge is 0.330 e. The van der Waals surface area contributed by atoms with E-state index in [4.69, 9.17) is 15.2 Å². The zero-order valence-corrected chi connectivity index (χ0v) is 15.6. The first kappa shape index (κ1) is 22.2. The second kappa shape index (κ2) is 7.72. The summed E-state index contributed by atoms with van der Waals surface area (Å²) < 4.78 is 25.6. The van der Waals surface area contributed by atoms with E-state index >= 15 is 4.39 Å². The normalized spacial score (nSPS) is 31.2. The zero-order valence-electron chi connectivity index (χ0n) is 15.6. The molecule has 1 aromatic heterocycles. The van der Waals surface area contributed by atoms with Gasteiger partial charge in [-0.3, -0.25) is 19.1 Å². The summed E-state index contributed by atoms with van der Waals surface area (Å²) in [4.78, 5) is 37.5. The number of hydrogen-bond acceptors (Lipinski definition) is 9. The maximum absolute atomic E-state index is 15.2. The topological polar surface area (TPSA) is 177 Å². The van der Waals surface area contributed by atoms with Crippen LogP contribution >= 0.6 is 0 Å². The van der Waals surface area contributed by atoms with Crippen molar-refractivity contribution >= 4 is 5.97 Å². The van der Waals surface area contributed by atoms with Gasteiger partial charge in [-0.1, -0.05) is 13.8 Å². The molecule has 1 aromatic rings. The number of aromatic nitrogens is 2. The van der Waals surface area contributed by atoms with Crippen molar-refractivity contribution in [3.8, 4) is 0 Å². The lowest BCUT2D eigenvalue weighted by atomic mass is 10.0. The molecule has 1 saturated heterocycles. The van der Waals surface area contributed by atoms with Gasteiger partial charge in [0, 0.05) is 11.8 Å². The molecule has 11 nitrogen and oxygen atoms in total. The van der Waals surface area contributed by atoms with Gasteiger partial charge < -0.3 is 30.5 Å². The van der Waals surface area contributed by atoms with Crippen LogP contribution in [0.1, 0.15) is 19.4 Å². The van der Waals surface area contributed by atoms with Crippen molar-refractivity contribution < 1.29 is 34.0 Å². The Kier molecular flexibility index (Phi) is 6.11. The number of carbonyl (C=O) groups excluding carboxylic acids is 1. The molecule has 2 heterocycles. The van der Waals surface area contributed by atoms with Crippen LogP contribution in [0, 0.1) is 12.8 Å². The minimum Gasteiger partial charge on any atom is -0.458 e. The first-order valence-electron chi connectivity index (χ1n) is 8.51. The van der Waals surface area contributed by atoms with Crippen molar-refractivity contribution in [3.63, 3.8) is 0 Å². The van der Waals surface area contributed by atoms with Gasteiger partial charge in [0.05, 0.1) is 6.61 Å². The molecule has 0 spiro atoms. The number of ether oxygens (including phenoxy) is 2. The Labute approximate surface area is 158 Å². The fraction of sp³-hybridized carbons (Fsp3) is 0.688. The van der Waals surface area contributed by atoms with Crippen molar-refractivity contribution in [2.75, 3.05) is 13.2 Å². The van der Waals surface area contributed by atoms with E-state index in [-0.39, 0.29) is 11.5 Å². The third kappa shape index (κ3) is 3.61. The van der Waals surface area contributed by atoms with Gasteiger partial charge in [0.2, 0.25) is 5.72 Å². The molecule has 158 valence electrons. The highest BCUT2D eigenvalue weighted by Gasteiger charge is 2.65. The number of alkyl halides is 1. The highest BCUT2D eigenvalue weighted by Crippen LogP contribution is 2.42. The monoisotopic (exact) mass is 405 g/mol. The van der Waals surface area contributed by atoms with E-state index in [0.29, 0.717) is 4.57 Å². The van der Waals surface area contributed by atoms with Gasteiger partial charge in [-0.2, -0.15) is 0 Å². The Morgan fingerprint density at radius 1 is 1.43 bits per heavy atom.